The molecule has 0 amide bonds. The van der Waals surface area contributed by atoms with Gasteiger partial charge in [0.25, 0.3) is 10.1 Å². The van der Waals surface area contributed by atoms with E-state index in [2.05, 4.69) is 0 Å². The van der Waals surface area contributed by atoms with Crippen molar-refractivity contribution < 1.29 is 13.0 Å². The monoisotopic (exact) mass is 202 g/mol. The zero-order valence-corrected chi connectivity index (χ0v) is 8.63. The number of hydrogen-bond donors (Lipinski definition) is 1. The summed E-state index contributed by atoms with van der Waals surface area (Å²) < 4.78 is 30.2. The zero-order chi connectivity index (χ0) is 10.1. The molecule has 1 aliphatic carbocycles. The summed E-state index contributed by atoms with van der Waals surface area (Å²) in [5, 5.41) is 0. The number of allylic oxidation sites excluding steroid dienone is 3. The topological polar surface area (TPSA) is 54.4 Å². The summed E-state index contributed by atoms with van der Waals surface area (Å²) >= 11 is 0. The minimum Gasteiger partial charge on any atom is -0.285 e. The van der Waals surface area contributed by atoms with Gasteiger partial charge < -0.3 is 0 Å². The molecule has 1 N–H and O–H groups in total. The predicted molar refractivity (Wildman–Crippen MR) is 52.1 cm³/mol. The highest BCUT2D eigenvalue weighted by atomic mass is 32.2. The molecule has 0 radical (unpaired) electrons. The maximum absolute atomic E-state index is 11.1. The van der Waals surface area contributed by atoms with Gasteiger partial charge in [-0.25, -0.2) is 0 Å². The Labute approximate surface area is 78.9 Å². The summed E-state index contributed by atoms with van der Waals surface area (Å²) in [6, 6.07) is 0. The Morgan fingerprint density at radius 2 is 2.23 bits per heavy atom. The fourth-order valence-electron chi connectivity index (χ4n) is 1.39. The van der Waals surface area contributed by atoms with Gasteiger partial charge in [-0.2, -0.15) is 8.42 Å². The van der Waals surface area contributed by atoms with E-state index in [1.807, 2.05) is 13.0 Å². The first-order valence-electron chi connectivity index (χ1n) is 4.24. The van der Waals surface area contributed by atoms with Crippen molar-refractivity contribution in [3.8, 4) is 0 Å². The average molecular weight is 202 g/mol. The molecule has 74 valence electrons. The summed E-state index contributed by atoms with van der Waals surface area (Å²) in [4.78, 5) is 0. The Bertz CT molecular complexity index is 351. The summed E-state index contributed by atoms with van der Waals surface area (Å²) in [5.74, 6) is 0. The molecule has 0 aromatic carbocycles. The van der Waals surface area contributed by atoms with Crippen LogP contribution < -0.4 is 0 Å². The number of rotatable bonds is 2. The lowest BCUT2D eigenvalue weighted by molar-refractivity contribution is 0.440. The van der Waals surface area contributed by atoms with Gasteiger partial charge in [-0.1, -0.05) is 30.7 Å². The van der Waals surface area contributed by atoms with E-state index < -0.39 is 14.9 Å². The minimum absolute atomic E-state index is 0.366. The van der Waals surface area contributed by atoms with Crippen LogP contribution in [0.3, 0.4) is 0 Å². The van der Waals surface area contributed by atoms with Crippen LogP contribution >= 0.6 is 0 Å². The fraction of sp³-hybridized carbons (Fsp3) is 0.556. The quantitative estimate of drug-likeness (QED) is 0.696. The van der Waals surface area contributed by atoms with E-state index >= 15 is 0 Å². The van der Waals surface area contributed by atoms with Gasteiger partial charge in [0.15, 0.2) is 0 Å². The molecule has 0 saturated carbocycles. The predicted octanol–water partition coefficient (Wildman–Crippen LogP) is 1.93. The van der Waals surface area contributed by atoms with Gasteiger partial charge in [0, 0.05) is 0 Å². The number of hydrogen-bond acceptors (Lipinski definition) is 2. The van der Waals surface area contributed by atoms with Gasteiger partial charge >= 0.3 is 0 Å². The first-order valence-corrected chi connectivity index (χ1v) is 5.68. The molecule has 0 heterocycles. The molecule has 0 fully saturated rings. The van der Waals surface area contributed by atoms with E-state index in [9.17, 15) is 8.42 Å². The van der Waals surface area contributed by atoms with Crippen LogP contribution in [0.5, 0.6) is 0 Å². The lowest BCUT2D eigenvalue weighted by atomic mass is 9.94. The van der Waals surface area contributed by atoms with E-state index in [1.165, 1.54) is 0 Å². The van der Waals surface area contributed by atoms with Crippen molar-refractivity contribution in [2.24, 2.45) is 0 Å². The zero-order valence-electron chi connectivity index (χ0n) is 7.82. The van der Waals surface area contributed by atoms with E-state index in [-0.39, 0.29) is 0 Å². The van der Waals surface area contributed by atoms with E-state index in [1.54, 1.807) is 19.1 Å². The molecule has 1 unspecified atom stereocenters. The second-order valence-corrected chi connectivity index (χ2v) is 5.14. The van der Waals surface area contributed by atoms with Crippen LogP contribution in [-0.2, 0) is 10.1 Å². The minimum atomic E-state index is -3.99. The van der Waals surface area contributed by atoms with Crippen LogP contribution in [0, 0.1) is 0 Å². The molecule has 1 rings (SSSR count). The van der Waals surface area contributed by atoms with Crippen molar-refractivity contribution in [1.82, 2.24) is 0 Å². The van der Waals surface area contributed by atoms with Gasteiger partial charge in [0.05, 0.1) is 0 Å². The van der Waals surface area contributed by atoms with Gasteiger partial charge in [0.2, 0.25) is 0 Å². The van der Waals surface area contributed by atoms with E-state index in [0.717, 1.165) is 5.57 Å². The van der Waals surface area contributed by atoms with E-state index in [0.29, 0.717) is 12.8 Å². The third kappa shape index (κ3) is 1.84. The van der Waals surface area contributed by atoms with Crippen molar-refractivity contribution >= 4 is 10.1 Å². The van der Waals surface area contributed by atoms with Crippen LogP contribution in [0.4, 0.5) is 0 Å². The van der Waals surface area contributed by atoms with Crippen LogP contribution in [0.2, 0.25) is 0 Å². The van der Waals surface area contributed by atoms with Gasteiger partial charge in [-0.05, 0) is 19.8 Å². The van der Waals surface area contributed by atoms with Crippen LogP contribution in [0.1, 0.15) is 26.7 Å². The third-order valence-electron chi connectivity index (χ3n) is 2.53. The first kappa shape index (κ1) is 10.5. The standard InChI is InChI=1S/C9H14O3S/c1-3-9(13(10,11)12)6-4-8(2)5-7-9/h4-6H,3,7H2,1-2H3,(H,10,11,12). The highest BCUT2D eigenvalue weighted by Crippen LogP contribution is 2.31. The Morgan fingerprint density at radius 1 is 1.62 bits per heavy atom. The van der Waals surface area contributed by atoms with Crippen LogP contribution in [0.15, 0.2) is 23.8 Å². The van der Waals surface area contributed by atoms with Crippen molar-refractivity contribution in [1.29, 1.82) is 0 Å². The highest BCUT2D eigenvalue weighted by Gasteiger charge is 2.38. The molecule has 0 aliphatic heterocycles. The lowest BCUT2D eigenvalue weighted by Crippen LogP contribution is -2.36. The van der Waals surface area contributed by atoms with Crippen molar-refractivity contribution in [3.63, 3.8) is 0 Å². The SMILES string of the molecule is CCC1(S(=O)(=O)O)C=CC(C)=CC1. The maximum Gasteiger partial charge on any atom is 0.274 e. The molecule has 0 spiro atoms. The largest absolute Gasteiger partial charge is 0.285 e. The maximum atomic E-state index is 11.1. The highest BCUT2D eigenvalue weighted by molar-refractivity contribution is 7.87. The molecule has 0 bridgehead atoms. The Balaban J connectivity index is 3.08. The third-order valence-corrected chi connectivity index (χ3v) is 4.15. The average Bonchev–Trinajstić information content (AvgIpc) is 2.04. The molecular formula is C9H14O3S. The molecule has 0 aromatic heterocycles. The van der Waals surface area contributed by atoms with Crippen LogP contribution in [0.25, 0.3) is 0 Å². The second-order valence-electron chi connectivity index (χ2n) is 3.38. The summed E-state index contributed by atoms with van der Waals surface area (Å²) in [7, 11) is -3.99. The summed E-state index contributed by atoms with van der Waals surface area (Å²) in [6.07, 6.45) is 5.91. The molecule has 1 atom stereocenters. The van der Waals surface area contributed by atoms with Crippen molar-refractivity contribution in [2.45, 2.75) is 31.4 Å². The Hall–Kier alpha value is -0.610. The summed E-state index contributed by atoms with van der Waals surface area (Å²) in [5.41, 5.74) is 1.03. The Kier molecular flexibility index (Phi) is 2.63. The van der Waals surface area contributed by atoms with Gasteiger partial charge in [-0.3, -0.25) is 4.55 Å². The molecule has 0 saturated heterocycles. The normalized spacial score (nSPS) is 28.7. The van der Waals surface area contributed by atoms with Crippen molar-refractivity contribution in [3.05, 3.63) is 23.8 Å². The molecule has 0 aromatic rings. The molecule has 13 heavy (non-hydrogen) atoms. The molecule has 3 nitrogen and oxygen atoms in total. The smallest absolute Gasteiger partial charge is 0.274 e. The van der Waals surface area contributed by atoms with Crippen LogP contribution in [-0.4, -0.2) is 17.7 Å². The second kappa shape index (κ2) is 3.27. The summed E-state index contributed by atoms with van der Waals surface area (Å²) in [6.45, 7) is 3.66. The molecule has 4 heteroatoms. The van der Waals surface area contributed by atoms with Gasteiger partial charge in [-0.15, -0.1) is 0 Å². The lowest BCUT2D eigenvalue weighted by Gasteiger charge is -2.27. The Morgan fingerprint density at radius 3 is 2.54 bits per heavy atom. The van der Waals surface area contributed by atoms with Crippen molar-refractivity contribution in [2.75, 3.05) is 0 Å². The van der Waals surface area contributed by atoms with Gasteiger partial charge in [0.1, 0.15) is 4.75 Å². The molecular weight excluding hydrogens is 188 g/mol. The fourth-order valence-corrected chi connectivity index (χ4v) is 2.29. The first-order chi connectivity index (χ1) is 5.91. The van der Waals surface area contributed by atoms with E-state index in [4.69, 9.17) is 4.55 Å². The molecule has 1 aliphatic rings.